The van der Waals surface area contributed by atoms with Crippen molar-refractivity contribution in [3.8, 4) is 5.75 Å². The van der Waals surface area contributed by atoms with Crippen molar-refractivity contribution in [1.82, 2.24) is 0 Å². The number of carbonyl (C=O) groups excluding carboxylic acids is 3. The highest BCUT2D eigenvalue weighted by Gasteiger charge is 2.71. The van der Waals surface area contributed by atoms with Gasteiger partial charge < -0.3 is 9.64 Å². The van der Waals surface area contributed by atoms with Crippen LogP contribution in [0.2, 0.25) is 5.02 Å². The molecule has 2 heterocycles. The summed E-state index contributed by atoms with van der Waals surface area (Å²) >= 11 is 6.34. The predicted octanol–water partition coefficient (Wildman–Crippen LogP) is 6.80. The molecule has 5 nitrogen and oxygen atoms in total. The number of Topliss-reactive ketones (excluding diaryl/α,β-unsaturated/α-hetero) is 3. The molecule has 1 spiro atoms. The number of rotatable bonds is 4. The molecular formula is C34H23ClFNO4. The van der Waals surface area contributed by atoms with Crippen LogP contribution in [-0.4, -0.2) is 36.5 Å². The van der Waals surface area contributed by atoms with Gasteiger partial charge in [0.2, 0.25) is 0 Å². The normalized spacial score (nSPS) is 21.5. The maximum absolute atomic E-state index is 14.6. The summed E-state index contributed by atoms with van der Waals surface area (Å²) in [6, 6.07) is 23.0. The Labute approximate surface area is 240 Å². The molecule has 7 heteroatoms. The van der Waals surface area contributed by atoms with Gasteiger partial charge >= 0.3 is 0 Å². The number of benzene rings is 4. The third kappa shape index (κ3) is 3.50. The number of halogens is 2. The number of hydrogen-bond donors (Lipinski definition) is 0. The summed E-state index contributed by atoms with van der Waals surface area (Å²) in [5, 5.41) is 0.520. The molecule has 3 aliphatic rings. The fourth-order valence-corrected chi connectivity index (χ4v) is 7.12. The lowest BCUT2D eigenvalue weighted by Crippen LogP contribution is -2.48. The molecule has 0 aromatic heterocycles. The number of methoxy groups -OCH3 is 1. The Kier molecular flexibility index (Phi) is 5.73. The summed E-state index contributed by atoms with van der Waals surface area (Å²) in [7, 11) is 1.54. The van der Waals surface area contributed by atoms with Crippen molar-refractivity contribution in [2.45, 2.75) is 18.0 Å². The topological polar surface area (TPSA) is 63.7 Å². The first-order chi connectivity index (χ1) is 19.9. The first kappa shape index (κ1) is 25.4. The van der Waals surface area contributed by atoms with Crippen molar-refractivity contribution in [2.24, 2.45) is 5.41 Å². The van der Waals surface area contributed by atoms with E-state index in [1.807, 2.05) is 29.2 Å². The lowest BCUT2D eigenvalue weighted by Gasteiger charge is -2.37. The molecule has 7 rings (SSSR count). The fraction of sp³-hybridized carbons (Fsp3) is 0.147. The Morgan fingerprint density at radius 1 is 0.902 bits per heavy atom. The van der Waals surface area contributed by atoms with E-state index in [-0.39, 0.29) is 22.9 Å². The monoisotopic (exact) mass is 563 g/mol. The van der Waals surface area contributed by atoms with E-state index in [1.165, 1.54) is 24.3 Å². The van der Waals surface area contributed by atoms with Crippen molar-refractivity contribution < 1.29 is 23.5 Å². The minimum Gasteiger partial charge on any atom is -0.497 e. The van der Waals surface area contributed by atoms with Crippen LogP contribution in [0.5, 0.6) is 5.75 Å². The maximum atomic E-state index is 14.6. The molecule has 0 unspecified atom stereocenters. The van der Waals surface area contributed by atoms with Gasteiger partial charge in [0.05, 0.1) is 13.2 Å². The van der Waals surface area contributed by atoms with Crippen molar-refractivity contribution in [2.75, 3.05) is 12.0 Å². The number of hydrogen-bond acceptors (Lipinski definition) is 5. The van der Waals surface area contributed by atoms with E-state index in [0.717, 1.165) is 5.56 Å². The number of ether oxygens (including phenoxy) is 1. The molecule has 0 bridgehead atoms. The van der Waals surface area contributed by atoms with Crippen LogP contribution in [0.25, 0.3) is 6.08 Å². The molecular weight excluding hydrogens is 541 g/mol. The Bertz CT molecular complexity index is 1760. The molecule has 4 aromatic rings. The van der Waals surface area contributed by atoms with Gasteiger partial charge in [-0.2, -0.15) is 0 Å². The van der Waals surface area contributed by atoms with E-state index < -0.39 is 29.2 Å². The minimum absolute atomic E-state index is 0.278. The van der Waals surface area contributed by atoms with Crippen molar-refractivity contribution in [3.63, 3.8) is 0 Å². The number of carbonyl (C=O) groups is 3. The largest absolute Gasteiger partial charge is 0.497 e. The van der Waals surface area contributed by atoms with Crippen LogP contribution >= 0.6 is 11.6 Å². The minimum atomic E-state index is -1.63. The van der Waals surface area contributed by atoms with Gasteiger partial charge in [0.1, 0.15) is 23.0 Å². The van der Waals surface area contributed by atoms with Crippen LogP contribution in [-0.2, 0) is 0 Å². The highest BCUT2D eigenvalue weighted by Crippen LogP contribution is 2.61. The van der Waals surface area contributed by atoms with E-state index in [2.05, 4.69) is 0 Å². The second-order valence-electron chi connectivity index (χ2n) is 10.6. The predicted molar refractivity (Wildman–Crippen MR) is 155 cm³/mol. The van der Waals surface area contributed by atoms with Gasteiger partial charge in [-0.1, -0.05) is 60.2 Å². The molecule has 1 aliphatic carbocycles. The Hall–Kier alpha value is -4.55. The van der Waals surface area contributed by atoms with Gasteiger partial charge in [-0.15, -0.1) is 0 Å². The second-order valence-corrected chi connectivity index (χ2v) is 11.0. The lowest BCUT2D eigenvalue weighted by atomic mass is 9.64. The van der Waals surface area contributed by atoms with Crippen molar-refractivity contribution in [3.05, 3.63) is 136 Å². The Balaban J connectivity index is 1.55. The van der Waals surface area contributed by atoms with Crippen molar-refractivity contribution in [1.29, 1.82) is 0 Å². The maximum Gasteiger partial charge on any atom is 0.185 e. The third-order valence-corrected chi connectivity index (χ3v) is 8.85. The highest BCUT2D eigenvalue weighted by molar-refractivity contribution is 6.32. The van der Waals surface area contributed by atoms with E-state index in [1.54, 1.807) is 61.7 Å². The number of nitrogens with zero attached hydrogens (tertiary/aromatic N) is 1. The smallest absolute Gasteiger partial charge is 0.185 e. The quantitative estimate of drug-likeness (QED) is 0.202. The second kappa shape index (κ2) is 9.25. The molecule has 1 saturated heterocycles. The number of ketones is 3. The first-order valence-corrected chi connectivity index (χ1v) is 13.6. The van der Waals surface area contributed by atoms with Gasteiger partial charge in [0, 0.05) is 33.3 Å². The fourth-order valence-electron chi connectivity index (χ4n) is 6.94. The van der Waals surface area contributed by atoms with E-state index in [9.17, 15) is 18.8 Å². The van der Waals surface area contributed by atoms with E-state index in [4.69, 9.17) is 16.3 Å². The molecule has 41 heavy (non-hydrogen) atoms. The molecule has 202 valence electrons. The van der Waals surface area contributed by atoms with E-state index in [0.29, 0.717) is 33.1 Å². The van der Waals surface area contributed by atoms with Crippen LogP contribution in [0.4, 0.5) is 10.1 Å². The molecule has 4 aromatic carbocycles. The zero-order chi connectivity index (χ0) is 28.5. The molecule has 0 radical (unpaired) electrons. The average Bonchev–Trinajstić information content (AvgIpc) is 3.43. The molecule has 0 N–H and O–H groups in total. The van der Waals surface area contributed by atoms with Gasteiger partial charge in [-0.25, -0.2) is 4.39 Å². The van der Waals surface area contributed by atoms with Crippen LogP contribution in [0.1, 0.15) is 48.1 Å². The SMILES string of the molecule is COc1cccc([C@@H]2[C@@H](C(=O)c3ccc(F)cc3)N3c4ccc(Cl)cc4C=C[C@@H]3C23C(=O)c2ccccc2C3=O)c1. The summed E-state index contributed by atoms with van der Waals surface area (Å²) in [6.45, 7) is 0. The van der Waals surface area contributed by atoms with E-state index >= 15 is 0 Å². The summed E-state index contributed by atoms with van der Waals surface area (Å²) in [6.07, 6.45) is 3.70. The Morgan fingerprint density at radius 3 is 2.29 bits per heavy atom. The van der Waals surface area contributed by atoms with Gasteiger partial charge in [0.25, 0.3) is 0 Å². The highest BCUT2D eigenvalue weighted by atomic mass is 35.5. The number of fused-ring (bicyclic) bond motifs is 5. The standard InChI is InChI=1S/C34H23ClFNO4/c1-41-24-6-4-5-21(18-24)29-30(31(38)19-9-13-23(36)14-10-19)37-27-15-12-22(35)17-20(27)11-16-28(37)34(29)32(39)25-7-2-3-8-26(25)33(34)40/h2-18,28-30H,1H3/t28-,29-,30+/m1/s1. The molecule has 0 saturated carbocycles. The van der Waals surface area contributed by atoms with Crippen molar-refractivity contribution >= 4 is 40.7 Å². The summed E-state index contributed by atoms with van der Waals surface area (Å²) in [5.41, 5.74) is 1.40. The molecule has 3 atom stereocenters. The lowest BCUT2D eigenvalue weighted by molar-refractivity contribution is 0.0665. The zero-order valence-electron chi connectivity index (χ0n) is 21.9. The van der Waals surface area contributed by atoms with Crippen LogP contribution in [0, 0.1) is 11.2 Å². The average molecular weight is 564 g/mol. The zero-order valence-corrected chi connectivity index (χ0v) is 22.6. The molecule has 1 fully saturated rings. The Morgan fingerprint density at radius 2 is 1.61 bits per heavy atom. The summed E-state index contributed by atoms with van der Waals surface area (Å²) in [4.78, 5) is 45.8. The van der Waals surface area contributed by atoms with Crippen LogP contribution in [0.3, 0.4) is 0 Å². The third-order valence-electron chi connectivity index (χ3n) is 8.62. The van der Waals surface area contributed by atoms with Crippen LogP contribution < -0.4 is 9.64 Å². The van der Waals surface area contributed by atoms with Gasteiger partial charge in [-0.3, -0.25) is 14.4 Å². The summed E-state index contributed by atoms with van der Waals surface area (Å²) < 4.78 is 19.4. The summed E-state index contributed by atoms with van der Waals surface area (Å²) in [5.74, 6) is -1.79. The molecule has 0 amide bonds. The first-order valence-electron chi connectivity index (χ1n) is 13.2. The number of anilines is 1. The van der Waals surface area contributed by atoms with Crippen LogP contribution in [0.15, 0.2) is 97.1 Å². The van der Waals surface area contributed by atoms with Gasteiger partial charge in [-0.05, 0) is 65.7 Å². The molecule has 2 aliphatic heterocycles. The van der Waals surface area contributed by atoms with Gasteiger partial charge in [0.15, 0.2) is 17.3 Å².